The summed E-state index contributed by atoms with van der Waals surface area (Å²) in [6, 6.07) is 9.98. The zero-order valence-electron chi connectivity index (χ0n) is 16.9. The Labute approximate surface area is 173 Å². The monoisotopic (exact) mass is 411 g/mol. The minimum Gasteiger partial charge on any atom is -0.367 e. The van der Waals surface area contributed by atoms with E-state index in [1.165, 1.54) is 11.3 Å². The molecule has 1 aromatic carbocycles. The third-order valence-electron chi connectivity index (χ3n) is 5.51. The number of aromatic nitrogens is 2. The summed E-state index contributed by atoms with van der Waals surface area (Å²) in [4.78, 5) is 33.8. The van der Waals surface area contributed by atoms with Crippen molar-refractivity contribution >= 4 is 27.5 Å². The highest BCUT2D eigenvalue weighted by Crippen LogP contribution is 2.26. The molecule has 0 unspecified atom stereocenters. The first-order chi connectivity index (χ1) is 13.9. The van der Waals surface area contributed by atoms with Gasteiger partial charge in [-0.15, -0.1) is 11.3 Å². The van der Waals surface area contributed by atoms with Gasteiger partial charge in [0.05, 0.1) is 24.4 Å². The van der Waals surface area contributed by atoms with Crippen molar-refractivity contribution in [2.24, 2.45) is 0 Å². The number of morpholine rings is 1. The van der Waals surface area contributed by atoms with Crippen LogP contribution >= 0.6 is 11.3 Å². The molecule has 1 fully saturated rings. The molecule has 6 nitrogen and oxygen atoms in total. The molecule has 0 spiro atoms. The van der Waals surface area contributed by atoms with Crippen LogP contribution in [0.5, 0.6) is 0 Å². The number of benzene rings is 1. The van der Waals surface area contributed by atoms with Crippen molar-refractivity contribution in [3.63, 3.8) is 0 Å². The van der Waals surface area contributed by atoms with Gasteiger partial charge in [-0.05, 0) is 31.9 Å². The van der Waals surface area contributed by atoms with Crippen molar-refractivity contribution in [2.75, 3.05) is 13.1 Å². The van der Waals surface area contributed by atoms with E-state index in [0.29, 0.717) is 25.0 Å². The molecule has 2 aromatic heterocycles. The van der Waals surface area contributed by atoms with E-state index >= 15 is 0 Å². The molecule has 0 N–H and O–H groups in total. The van der Waals surface area contributed by atoms with E-state index in [1.807, 2.05) is 56.0 Å². The van der Waals surface area contributed by atoms with Gasteiger partial charge >= 0.3 is 0 Å². The first-order valence-electron chi connectivity index (χ1n) is 9.87. The molecule has 1 amide bonds. The van der Waals surface area contributed by atoms with Crippen LogP contribution in [0.2, 0.25) is 0 Å². The number of amides is 1. The molecule has 1 aliphatic rings. The second kappa shape index (κ2) is 8.08. The number of hydrogen-bond acceptors (Lipinski definition) is 5. The summed E-state index contributed by atoms with van der Waals surface area (Å²) in [5.74, 6) is 0.0336. The molecule has 29 heavy (non-hydrogen) atoms. The van der Waals surface area contributed by atoms with Crippen LogP contribution in [0.25, 0.3) is 10.2 Å². The van der Waals surface area contributed by atoms with Crippen molar-refractivity contribution in [2.45, 2.75) is 45.9 Å². The van der Waals surface area contributed by atoms with Crippen LogP contribution in [0.3, 0.4) is 0 Å². The second-order valence-electron chi connectivity index (χ2n) is 7.60. The van der Waals surface area contributed by atoms with Crippen molar-refractivity contribution in [3.05, 3.63) is 63.0 Å². The molecule has 0 bridgehead atoms. The van der Waals surface area contributed by atoms with Gasteiger partial charge in [-0.1, -0.05) is 30.3 Å². The van der Waals surface area contributed by atoms with E-state index in [9.17, 15) is 9.59 Å². The van der Waals surface area contributed by atoms with E-state index < -0.39 is 0 Å². The maximum absolute atomic E-state index is 12.9. The minimum atomic E-state index is -0.124. The average molecular weight is 412 g/mol. The Kier molecular flexibility index (Phi) is 5.52. The highest BCUT2D eigenvalue weighted by Gasteiger charge is 2.29. The molecule has 0 aliphatic carbocycles. The number of nitrogens with zero attached hydrogens (tertiary/aromatic N) is 3. The molecular weight excluding hydrogens is 386 g/mol. The standard InChI is InChI=1S/C22H25N3O3S/c1-14-11-25(12-18(28-14)17-7-5-4-6-8-17)19(26)9-10-24-13-23-21-20(22(24)27)15(2)16(3)29-21/h4-8,13-14,18H,9-12H2,1-3H3/t14-,18-/m0/s1. The van der Waals surface area contributed by atoms with Crippen LogP contribution in [0.1, 0.15) is 35.5 Å². The van der Waals surface area contributed by atoms with Gasteiger partial charge in [0.1, 0.15) is 10.9 Å². The molecular formula is C22H25N3O3S. The Morgan fingerprint density at radius 2 is 2.00 bits per heavy atom. The Bertz CT molecular complexity index is 1090. The van der Waals surface area contributed by atoms with Crippen LogP contribution in [-0.2, 0) is 16.1 Å². The SMILES string of the molecule is Cc1sc2ncn(CCC(=O)N3C[C@@H](c4ccccc4)O[C@@H](C)C3)c(=O)c2c1C. The van der Waals surface area contributed by atoms with Crippen molar-refractivity contribution < 1.29 is 9.53 Å². The second-order valence-corrected chi connectivity index (χ2v) is 8.80. The lowest BCUT2D eigenvalue weighted by Crippen LogP contribution is -2.46. The highest BCUT2D eigenvalue weighted by molar-refractivity contribution is 7.18. The predicted octanol–water partition coefficient (Wildman–Crippen LogP) is 3.45. The number of ether oxygens (including phenoxy) is 1. The normalized spacial score (nSPS) is 19.6. The maximum atomic E-state index is 12.9. The van der Waals surface area contributed by atoms with E-state index in [2.05, 4.69) is 4.98 Å². The zero-order chi connectivity index (χ0) is 20.5. The Hall–Kier alpha value is -2.51. The fourth-order valence-electron chi connectivity index (χ4n) is 3.81. The number of carbonyl (C=O) groups is 1. The number of fused-ring (bicyclic) bond motifs is 1. The Morgan fingerprint density at radius 1 is 1.24 bits per heavy atom. The van der Waals surface area contributed by atoms with Crippen LogP contribution in [0.15, 0.2) is 41.5 Å². The van der Waals surface area contributed by atoms with E-state index in [1.54, 1.807) is 10.9 Å². The zero-order valence-corrected chi connectivity index (χ0v) is 17.7. The van der Waals surface area contributed by atoms with Gasteiger partial charge < -0.3 is 9.64 Å². The third kappa shape index (κ3) is 3.97. The van der Waals surface area contributed by atoms with E-state index in [0.717, 1.165) is 20.8 Å². The molecule has 0 saturated carbocycles. The smallest absolute Gasteiger partial charge is 0.262 e. The summed E-state index contributed by atoms with van der Waals surface area (Å²) < 4.78 is 7.59. The van der Waals surface area contributed by atoms with Gasteiger partial charge in [-0.2, -0.15) is 0 Å². The molecule has 0 radical (unpaired) electrons. The van der Waals surface area contributed by atoms with Crippen LogP contribution in [0.4, 0.5) is 0 Å². The third-order valence-corrected chi connectivity index (χ3v) is 6.62. The summed E-state index contributed by atoms with van der Waals surface area (Å²) >= 11 is 1.53. The topological polar surface area (TPSA) is 64.4 Å². The molecule has 3 aromatic rings. The van der Waals surface area contributed by atoms with Crippen LogP contribution < -0.4 is 5.56 Å². The van der Waals surface area contributed by atoms with Crippen molar-refractivity contribution in [1.82, 2.24) is 14.5 Å². The van der Waals surface area contributed by atoms with Gasteiger partial charge in [0, 0.05) is 24.4 Å². The molecule has 1 aliphatic heterocycles. The van der Waals surface area contributed by atoms with Crippen LogP contribution in [0, 0.1) is 13.8 Å². The number of rotatable bonds is 4. The first kappa shape index (κ1) is 19.8. The number of thiophene rings is 1. The minimum absolute atomic E-state index is 0.0323. The summed E-state index contributed by atoms with van der Waals surface area (Å²) in [5.41, 5.74) is 1.99. The molecule has 3 heterocycles. The fourth-order valence-corrected chi connectivity index (χ4v) is 4.80. The number of aryl methyl sites for hydroxylation is 3. The maximum Gasteiger partial charge on any atom is 0.262 e. The molecule has 7 heteroatoms. The van der Waals surface area contributed by atoms with Crippen molar-refractivity contribution in [1.29, 1.82) is 0 Å². The first-order valence-corrected chi connectivity index (χ1v) is 10.7. The Morgan fingerprint density at radius 3 is 2.76 bits per heavy atom. The fraction of sp³-hybridized carbons (Fsp3) is 0.409. The summed E-state index contributed by atoms with van der Waals surface area (Å²) in [7, 11) is 0. The van der Waals surface area contributed by atoms with E-state index in [-0.39, 0.29) is 30.1 Å². The number of carbonyl (C=O) groups excluding carboxylic acids is 1. The Balaban J connectivity index is 1.47. The lowest BCUT2D eigenvalue weighted by Gasteiger charge is -2.37. The van der Waals surface area contributed by atoms with Gasteiger partial charge in [0.2, 0.25) is 5.91 Å². The van der Waals surface area contributed by atoms with Gasteiger partial charge in [-0.3, -0.25) is 14.2 Å². The molecule has 2 atom stereocenters. The van der Waals surface area contributed by atoms with Gasteiger partial charge in [0.15, 0.2) is 0 Å². The van der Waals surface area contributed by atoms with E-state index in [4.69, 9.17) is 4.74 Å². The predicted molar refractivity (Wildman–Crippen MR) is 114 cm³/mol. The summed E-state index contributed by atoms with van der Waals surface area (Å²) in [6.45, 7) is 7.36. The largest absolute Gasteiger partial charge is 0.367 e. The summed E-state index contributed by atoms with van der Waals surface area (Å²) in [6.07, 6.45) is 1.67. The highest BCUT2D eigenvalue weighted by atomic mass is 32.1. The average Bonchev–Trinajstić information content (AvgIpc) is 3.02. The number of hydrogen-bond donors (Lipinski definition) is 0. The molecule has 152 valence electrons. The quantitative estimate of drug-likeness (QED) is 0.660. The van der Waals surface area contributed by atoms with Crippen molar-refractivity contribution in [3.8, 4) is 0 Å². The lowest BCUT2D eigenvalue weighted by molar-refractivity contribution is -0.145. The summed E-state index contributed by atoms with van der Waals surface area (Å²) in [5, 5.41) is 0.673. The van der Waals surface area contributed by atoms with Gasteiger partial charge in [0.25, 0.3) is 5.56 Å². The molecule has 4 rings (SSSR count). The van der Waals surface area contributed by atoms with Gasteiger partial charge in [-0.25, -0.2) is 4.98 Å². The molecule has 1 saturated heterocycles. The van der Waals surface area contributed by atoms with Crippen LogP contribution in [-0.4, -0.2) is 39.6 Å². The lowest BCUT2D eigenvalue weighted by atomic mass is 10.1.